The Morgan fingerprint density at radius 2 is 2.44 bits per heavy atom. The third-order valence-electron chi connectivity index (χ3n) is 0.782. The van der Waals surface area contributed by atoms with E-state index < -0.39 is 0 Å². The smallest absolute Gasteiger partial charge is 0.173 e. The number of hydrogen-bond donors (Lipinski definition) is 1. The first kappa shape index (κ1) is 8.46. The Bertz CT molecular complexity index is 139. The lowest BCUT2D eigenvalue weighted by Crippen LogP contribution is -1.86. The van der Waals surface area contributed by atoms with E-state index in [1.165, 1.54) is 0 Å². The van der Waals surface area contributed by atoms with Gasteiger partial charge in [0.2, 0.25) is 0 Å². The van der Waals surface area contributed by atoms with E-state index in [9.17, 15) is 0 Å². The van der Waals surface area contributed by atoms with Gasteiger partial charge in [-0.25, -0.2) is 0 Å². The van der Waals surface area contributed by atoms with E-state index in [1.807, 2.05) is 24.4 Å². The molecule has 0 aliphatic heterocycles. The summed E-state index contributed by atoms with van der Waals surface area (Å²) < 4.78 is 5.16. The standard InChI is InChI=1S/C6H8OS.H3N/c1-2-7-6-4-3-5-8-6;/h3-5H,2H2,1H3;1H3. The van der Waals surface area contributed by atoms with Gasteiger partial charge in [-0.1, -0.05) is 0 Å². The van der Waals surface area contributed by atoms with Crippen molar-refractivity contribution in [1.29, 1.82) is 0 Å². The van der Waals surface area contributed by atoms with E-state index in [2.05, 4.69) is 0 Å². The van der Waals surface area contributed by atoms with E-state index >= 15 is 0 Å². The molecule has 0 saturated heterocycles. The van der Waals surface area contributed by atoms with Gasteiger partial charge in [0.05, 0.1) is 6.61 Å². The highest BCUT2D eigenvalue weighted by Gasteiger charge is 1.86. The molecule has 0 spiro atoms. The summed E-state index contributed by atoms with van der Waals surface area (Å²) in [6, 6.07) is 3.95. The van der Waals surface area contributed by atoms with Crippen LogP contribution in [0.4, 0.5) is 0 Å². The van der Waals surface area contributed by atoms with Gasteiger partial charge in [0.1, 0.15) is 0 Å². The molecule has 1 rings (SSSR count). The van der Waals surface area contributed by atoms with Crippen LogP contribution in [0, 0.1) is 0 Å². The molecule has 0 aliphatic carbocycles. The van der Waals surface area contributed by atoms with E-state index in [4.69, 9.17) is 4.74 Å². The first-order valence-corrected chi connectivity index (χ1v) is 3.47. The molecule has 3 heteroatoms. The molecule has 52 valence electrons. The van der Waals surface area contributed by atoms with Crippen LogP contribution in [0.3, 0.4) is 0 Å². The summed E-state index contributed by atoms with van der Waals surface area (Å²) in [5.41, 5.74) is 0. The summed E-state index contributed by atoms with van der Waals surface area (Å²) in [6.45, 7) is 2.75. The van der Waals surface area contributed by atoms with Crippen LogP contribution in [0.25, 0.3) is 0 Å². The Labute approximate surface area is 59.1 Å². The normalized spacial score (nSPS) is 8.11. The molecule has 0 amide bonds. The van der Waals surface area contributed by atoms with E-state index in [0.717, 1.165) is 11.7 Å². The van der Waals surface area contributed by atoms with Crippen LogP contribution in [-0.4, -0.2) is 6.61 Å². The van der Waals surface area contributed by atoms with Crippen LogP contribution in [0.1, 0.15) is 6.92 Å². The van der Waals surface area contributed by atoms with Crippen molar-refractivity contribution in [3.63, 3.8) is 0 Å². The van der Waals surface area contributed by atoms with Crippen molar-refractivity contribution in [3.8, 4) is 5.06 Å². The topological polar surface area (TPSA) is 44.2 Å². The predicted molar refractivity (Wildman–Crippen MR) is 40.5 cm³/mol. The van der Waals surface area contributed by atoms with Gasteiger partial charge in [0, 0.05) is 0 Å². The number of ether oxygens (including phenoxy) is 1. The second-order valence-electron chi connectivity index (χ2n) is 1.37. The molecule has 0 saturated carbocycles. The minimum Gasteiger partial charge on any atom is -0.484 e. The van der Waals surface area contributed by atoms with Gasteiger partial charge in [-0.05, 0) is 24.4 Å². The molecule has 3 N–H and O–H groups in total. The molecule has 0 unspecified atom stereocenters. The summed E-state index contributed by atoms with van der Waals surface area (Å²) in [5.74, 6) is 0. The molecule has 0 fully saturated rings. The first-order valence-electron chi connectivity index (χ1n) is 2.60. The lowest BCUT2D eigenvalue weighted by molar-refractivity contribution is 0.350. The summed E-state index contributed by atoms with van der Waals surface area (Å²) in [5, 5.41) is 3.01. The Balaban J connectivity index is 0.000000640. The second-order valence-corrected chi connectivity index (χ2v) is 2.28. The quantitative estimate of drug-likeness (QED) is 0.694. The maximum Gasteiger partial charge on any atom is 0.173 e. The monoisotopic (exact) mass is 145 g/mol. The zero-order valence-corrected chi connectivity index (χ0v) is 6.28. The average molecular weight is 145 g/mol. The third kappa shape index (κ3) is 2.49. The highest BCUT2D eigenvalue weighted by molar-refractivity contribution is 7.11. The third-order valence-corrected chi connectivity index (χ3v) is 1.56. The van der Waals surface area contributed by atoms with Gasteiger partial charge in [0.25, 0.3) is 0 Å². The summed E-state index contributed by atoms with van der Waals surface area (Å²) in [6.07, 6.45) is 0. The van der Waals surface area contributed by atoms with Crippen molar-refractivity contribution in [2.75, 3.05) is 6.61 Å². The van der Waals surface area contributed by atoms with Crippen molar-refractivity contribution >= 4 is 11.3 Å². The van der Waals surface area contributed by atoms with Gasteiger partial charge in [-0.15, -0.1) is 11.3 Å². The van der Waals surface area contributed by atoms with Crippen molar-refractivity contribution in [2.24, 2.45) is 0 Å². The molecule has 0 radical (unpaired) electrons. The fourth-order valence-corrected chi connectivity index (χ4v) is 1.12. The molecule has 0 aromatic carbocycles. The Morgan fingerprint density at radius 3 is 2.89 bits per heavy atom. The Hall–Kier alpha value is -0.540. The van der Waals surface area contributed by atoms with E-state index in [0.29, 0.717) is 0 Å². The maximum absolute atomic E-state index is 5.16. The summed E-state index contributed by atoms with van der Waals surface area (Å²) in [4.78, 5) is 0. The first-order chi connectivity index (χ1) is 3.93. The number of hydrogen-bond acceptors (Lipinski definition) is 3. The van der Waals surface area contributed by atoms with Crippen molar-refractivity contribution < 1.29 is 4.74 Å². The zero-order chi connectivity index (χ0) is 5.82. The van der Waals surface area contributed by atoms with E-state index in [-0.39, 0.29) is 6.15 Å². The largest absolute Gasteiger partial charge is 0.484 e. The van der Waals surface area contributed by atoms with Crippen LogP contribution in [0.15, 0.2) is 17.5 Å². The zero-order valence-electron chi connectivity index (χ0n) is 5.46. The van der Waals surface area contributed by atoms with Crippen LogP contribution in [0.5, 0.6) is 5.06 Å². The van der Waals surface area contributed by atoms with Crippen molar-refractivity contribution in [3.05, 3.63) is 17.5 Å². The molecule has 0 aliphatic rings. The maximum atomic E-state index is 5.16. The van der Waals surface area contributed by atoms with Gasteiger partial charge in [-0.3, -0.25) is 0 Å². The molecule has 1 heterocycles. The highest BCUT2D eigenvalue weighted by atomic mass is 32.1. The molecular formula is C6H11NOS. The molecule has 2 nitrogen and oxygen atoms in total. The van der Waals surface area contributed by atoms with E-state index in [1.54, 1.807) is 11.3 Å². The molecule has 9 heavy (non-hydrogen) atoms. The minimum absolute atomic E-state index is 0. The Kier molecular flexibility index (Phi) is 4.09. The van der Waals surface area contributed by atoms with Gasteiger partial charge in [0.15, 0.2) is 5.06 Å². The van der Waals surface area contributed by atoms with Crippen LogP contribution in [0.2, 0.25) is 0 Å². The summed E-state index contributed by atoms with van der Waals surface area (Å²) in [7, 11) is 0. The van der Waals surface area contributed by atoms with Crippen molar-refractivity contribution in [2.45, 2.75) is 6.92 Å². The van der Waals surface area contributed by atoms with Crippen molar-refractivity contribution in [1.82, 2.24) is 6.15 Å². The highest BCUT2D eigenvalue weighted by Crippen LogP contribution is 2.17. The SMILES string of the molecule is CCOc1cccs1.N. The molecule has 1 aromatic rings. The molecular weight excluding hydrogens is 134 g/mol. The lowest BCUT2D eigenvalue weighted by Gasteiger charge is -1.93. The lowest BCUT2D eigenvalue weighted by atomic mass is 10.6. The number of rotatable bonds is 2. The molecule has 0 atom stereocenters. The van der Waals surface area contributed by atoms with Crippen LogP contribution in [-0.2, 0) is 0 Å². The molecule has 1 aromatic heterocycles. The predicted octanol–water partition coefficient (Wildman–Crippen LogP) is 2.31. The fourth-order valence-electron chi connectivity index (χ4n) is 0.488. The summed E-state index contributed by atoms with van der Waals surface area (Å²) >= 11 is 1.63. The average Bonchev–Trinajstić information content (AvgIpc) is 2.19. The minimum atomic E-state index is 0. The Morgan fingerprint density at radius 1 is 1.67 bits per heavy atom. The van der Waals surface area contributed by atoms with Crippen LogP contribution >= 0.6 is 11.3 Å². The number of thiophene rings is 1. The molecule has 0 bridgehead atoms. The van der Waals surface area contributed by atoms with Gasteiger partial charge < -0.3 is 10.9 Å². The van der Waals surface area contributed by atoms with Crippen LogP contribution < -0.4 is 10.9 Å². The fraction of sp³-hybridized carbons (Fsp3) is 0.333. The van der Waals surface area contributed by atoms with Gasteiger partial charge >= 0.3 is 0 Å². The van der Waals surface area contributed by atoms with Gasteiger partial charge in [-0.2, -0.15) is 0 Å². The second kappa shape index (κ2) is 4.35.